The summed E-state index contributed by atoms with van der Waals surface area (Å²) in [4.78, 5) is 13.2. The van der Waals surface area contributed by atoms with Gasteiger partial charge in [-0.2, -0.15) is 0 Å². The zero-order chi connectivity index (χ0) is 11.0. The van der Waals surface area contributed by atoms with Crippen LogP contribution in [0.5, 0.6) is 0 Å². The molecule has 0 aromatic rings. The Labute approximate surface area is 88.7 Å². The molecule has 0 saturated heterocycles. The molecule has 0 aliphatic carbocycles. The van der Waals surface area contributed by atoms with Gasteiger partial charge in [-0.25, -0.2) is 0 Å². The Kier molecular flexibility index (Phi) is 7.54. The molecule has 0 bridgehead atoms. The van der Waals surface area contributed by atoms with E-state index >= 15 is 0 Å². The number of nitrogens with zero attached hydrogens (tertiary/aromatic N) is 1. The van der Waals surface area contributed by atoms with E-state index in [1.807, 2.05) is 21.0 Å². The molecule has 0 aromatic carbocycles. The van der Waals surface area contributed by atoms with Crippen molar-refractivity contribution >= 4 is 5.91 Å². The van der Waals surface area contributed by atoms with Crippen LogP contribution in [0.1, 0.15) is 52.4 Å². The van der Waals surface area contributed by atoms with Crippen molar-refractivity contribution in [2.45, 2.75) is 52.4 Å². The minimum atomic E-state index is 0.201. The van der Waals surface area contributed by atoms with E-state index in [2.05, 4.69) is 6.92 Å². The normalized spacial score (nSPS) is 12.6. The molecule has 2 heteroatoms. The van der Waals surface area contributed by atoms with Crippen LogP contribution in [-0.4, -0.2) is 24.9 Å². The van der Waals surface area contributed by atoms with Crippen LogP contribution in [0.4, 0.5) is 0 Å². The zero-order valence-corrected chi connectivity index (χ0v) is 10.2. The van der Waals surface area contributed by atoms with Crippen molar-refractivity contribution < 1.29 is 4.79 Å². The van der Waals surface area contributed by atoms with Crippen LogP contribution in [-0.2, 0) is 4.79 Å². The van der Waals surface area contributed by atoms with Crippen LogP contribution in [0.2, 0.25) is 0 Å². The van der Waals surface area contributed by atoms with Crippen LogP contribution in [0.3, 0.4) is 0 Å². The molecule has 0 spiro atoms. The van der Waals surface area contributed by atoms with Gasteiger partial charge in [0.25, 0.3) is 0 Å². The summed E-state index contributed by atoms with van der Waals surface area (Å²) >= 11 is 0. The predicted octanol–water partition coefficient (Wildman–Crippen LogP) is 3.07. The summed E-state index contributed by atoms with van der Waals surface area (Å²) in [5.41, 5.74) is 0. The number of amides is 1. The molecule has 14 heavy (non-hydrogen) atoms. The largest absolute Gasteiger partial charge is 0.349 e. The van der Waals surface area contributed by atoms with E-state index in [0.717, 1.165) is 6.42 Å². The van der Waals surface area contributed by atoms with Crippen molar-refractivity contribution in [3.63, 3.8) is 0 Å². The first kappa shape index (κ1) is 13.5. The van der Waals surface area contributed by atoms with Gasteiger partial charge in [0, 0.05) is 20.0 Å². The zero-order valence-electron chi connectivity index (χ0n) is 10.2. The summed E-state index contributed by atoms with van der Waals surface area (Å²) in [5.74, 6) is 0.465. The lowest BCUT2D eigenvalue weighted by Gasteiger charge is -2.16. The van der Waals surface area contributed by atoms with E-state index in [4.69, 9.17) is 0 Å². The Hall–Kier alpha value is -0.530. The highest BCUT2D eigenvalue weighted by Gasteiger charge is 2.13. The maximum absolute atomic E-state index is 11.5. The maximum atomic E-state index is 11.5. The molecule has 0 N–H and O–H groups in total. The van der Waals surface area contributed by atoms with Gasteiger partial charge < -0.3 is 4.90 Å². The van der Waals surface area contributed by atoms with E-state index < -0.39 is 0 Å². The Morgan fingerprint density at radius 1 is 1.14 bits per heavy atom. The summed E-state index contributed by atoms with van der Waals surface area (Å²) in [5, 5.41) is 0. The second-order valence-corrected chi connectivity index (χ2v) is 4.34. The number of hydrogen-bond donors (Lipinski definition) is 0. The SMILES string of the molecule is CCCCCCCC(C)C(=O)N(C)C. The third kappa shape index (κ3) is 6.01. The first-order valence-corrected chi connectivity index (χ1v) is 5.80. The molecule has 84 valence electrons. The molecular formula is C12H25NO. The summed E-state index contributed by atoms with van der Waals surface area (Å²) < 4.78 is 0. The van der Waals surface area contributed by atoms with Crippen molar-refractivity contribution in [2.24, 2.45) is 5.92 Å². The summed E-state index contributed by atoms with van der Waals surface area (Å²) in [6.07, 6.45) is 7.45. The van der Waals surface area contributed by atoms with E-state index in [1.165, 1.54) is 32.1 Å². The number of unbranched alkanes of at least 4 members (excludes halogenated alkanes) is 4. The second kappa shape index (κ2) is 7.84. The highest BCUT2D eigenvalue weighted by atomic mass is 16.2. The molecule has 2 nitrogen and oxygen atoms in total. The van der Waals surface area contributed by atoms with E-state index in [9.17, 15) is 4.79 Å². The van der Waals surface area contributed by atoms with Gasteiger partial charge in [-0.05, 0) is 6.42 Å². The minimum absolute atomic E-state index is 0.201. The molecule has 0 aromatic heterocycles. The van der Waals surface area contributed by atoms with E-state index in [-0.39, 0.29) is 11.8 Å². The first-order valence-electron chi connectivity index (χ1n) is 5.80. The highest BCUT2D eigenvalue weighted by molar-refractivity contribution is 5.77. The van der Waals surface area contributed by atoms with Crippen molar-refractivity contribution in [3.8, 4) is 0 Å². The molecule has 1 amide bonds. The predicted molar refractivity (Wildman–Crippen MR) is 61.2 cm³/mol. The van der Waals surface area contributed by atoms with Crippen LogP contribution in [0, 0.1) is 5.92 Å². The molecule has 0 rings (SSSR count). The molecule has 1 atom stereocenters. The first-order chi connectivity index (χ1) is 6.59. The van der Waals surface area contributed by atoms with Gasteiger partial charge in [-0.1, -0.05) is 46.0 Å². The lowest BCUT2D eigenvalue weighted by atomic mass is 10.0. The fourth-order valence-electron chi connectivity index (χ4n) is 1.62. The van der Waals surface area contributed by atoms with Gasteiger partial charge in [0.15, 0.2) is 0 Å². The topological polar surface area (TPSA) is 20.3 Å². The number of carbonyl (C=O) groups excluding carboxylic acids is 1. The van der Waals surface area contributed by atoms with Crippen LogP contribution in [0.15, 0.2) is 0 Å². The molecule has 0 aliphatic heterocycles. The van der Waals surface area contributed by atoms with Crippen molar-refractivity contribution in [3.05, 3.63) is 0 Å². The van der Waals surface area contributed by atoms with Crippen LogP contribution >= 0.6 is 0 Å². The van der Waals surface area contributed by atoms with Crippen molar-refractivity contribution in [1.82, 2.24) is 4.90 Å². The maximum Gasteiger partial charge on any atom is 0.224 e. The van der Waals surface area contributed by atoms with Gasteiger partial charge >= 0.3 is 0 Å². The third-order valence-electron chi connectivity index (χ3n) is 2.60. The lowest BCUT2D eigenvalue weighted by molar-refractivity contribution is -0.132. The van der Waals surface area contributed by atoms with Crippen molar-refractivity contribution in [1.29, 1.82) is 0 Å². The fraction of sp³-hybridized carbons (Fsp3) is 0.917. The summed E-state index contributed by atoms with van der Waals surface area (Å²) in [6.45, 7) is 4.25. The molecule has 0 heterocycles. The Balaban J connectivity index is 3.44. The Bertz CT molecular complexity index is 154. The lowest BCUT2D eigenvalue weighted by Crippen LogP contribution is -2.27. The molecule has 1 unspecified atom stereocenters. The Morgan fingerprint density at radius 3 is 2.21 bits per heavy atom. The van der Waals surface area contributed by atoms with Gasteiger partial charge in [0.1, 0.15) is 0 Å². The van der Waals surface area contributed by atoms with Crippen LogP contribution < -0.4 is 0 Å². The number of hydrogen-bond acceptors (Lipinski definition) is 1. The van der Waals surface area contributed by atoms with Gasteiger partial charge in [-0.3, -0.25) is 4.79 Å². The molecular weight excluding hydrogens is 174 g/mol. The highest BCUT2D eigenvalue weighted by Crippen LogP contribution is 2.12. The van der Waals surface area contributed by atoms with Gasteiger partial charge in [0.2, 0.25) is 5.91 Å². The fourth-order valence-corrected chi connectivity index (χ4v) is 1.62. The monoisotopic (exact) mass is 199 g/mol. The average molecular weight is 199 g/mol. The Morgan fingerprint density at radius 2 is 1.71 bits per heavy atom. The molecule has 0 radical (unpaired) electrons. The second-order valence-electron chi connectivity index (χ2n) is 4.34. The van der Waals surface area contributed by atoms with E-state index in [0.29, 0.717) is 0 Å². The smallest absolute Gasteiger partial charge is 0.224 e. The summed E-state index contributed by atoms with van der Waals surface area (Å²) in [7, 11) is 3.66. The number of rotatable bonds is 7. The van der Waals surface area contributed by atoms with Crippen molar-refractivity contribution in [2.75, 3.05) is 14.1 Å². The van der Waals surface area contributed by atoms with E-state index in [1.54, 1.807) is 4.90 Å². The van der Waals surface area contributed by atoms with Crippen LogP contribution in [0.25, 0.3) is 0 Å². The molecule has 0 saturated carbocycles. The third-order valence-corrected chi connectivity index (χ3v) is 2.60. The average Bonchev–Trinajstić information content (AvgIpc) is 2.16. The molecule has 0 aliphatic rings. The van der Waals surface area contributed by atoms with Gasteiger partial charge in [0.05, 0.1) is 0 Å². The van der Waals surface area contributed by atoms with Gasteiger partial charge in [-0.15, -0.1) is 0 Å². The quantitative estimate of drug-likeness (QED) is 0.577. The summed E-state index contributed by atoms with van der Waals surface area (Å²) in [6, 6.07) is 0. The molecule has 0 fully saturated rings. The number of carbonyl (C=O) groups is 1. The standard InChI is InChI=1S/C12H25NO/c1-5-6-7-8-9-10-11(2)12(14)13(3)4/h11H,5-10H2,1-4H3. The minimum Gasteiger partial charge on any atom is -0.349 e.